The fourth-order valence-corrected chi connectivity index (χ4v) is 3.66. The third kappa shape index (κ3) is 4.24. The van der Waals surface area contributed by atoms with Gasteiger partial charge in [0.2, 0.25) is 0 Å². The second kappa shape index (κ2) is 7.94. The van der Waals surface area contributed by atoms with E-state index in [1.807, 2.05) is 0 Å². The van der Waals surface area contributed by atoms with E-state index in [2.05, 4.69) is 22.8 Å². The van der Waals surface area contributed by atoms with Crippen molar-refractivity contribution < 1.29 is 15.0 Å². The fourth-order valence-electron chi connectivity index (χ4n) is 3.66. The van der Waals surface area contributed by atoms with Gasteiger partial charge in [-0.2, -0.15) is 0 Å². The number of nitrogens with one attached hydrogen (secondary N) is 2. The van der Waals surface area contributed by atoms with Crippen LogP contribution in [0.25, 0.3) is 0 Å². The lowest BCUT2D eigenvalue weighted by atomic mass is 9.77. The summed E-state index contributed by atoms with van der Waals surface area (Å²) in [5.41, 5.74) is 2.46. The first kappa shape index (κ1) is 17.2. The van der Waals surface area contributed by atoms with Gasteiger partial charge in [-0.25, -0.2) is 4.98 Å². The zero-order valence-corrected chi connectivity index (χ0v) is 14.0. The zero-order valence-electron chi connectivity index (χ0n) is 14.0. The number of aromatic nitrogens is 1. The fraction of sp³-hybridized carbons (Fsp3) is 0.667. The van der Waals surface area contributed by atoms with Gasteiger partial charge >= 0.3 is 5.97 Å². The van der Waals surface area contributed by atoms with Crippen LogP contribution in [-0.2, 0) is 17.6 Å². The number of carboxylic acids is 1. The second-order valence-electron chi connectivity index (χ2n) is 6.98. The summed E-state index contributed by atoms with van der Waals surface area (Å²) in [6, 6.07) is 3.97. The Balaban J connectivity index is 1.41. The molecule has 1 aliphatic carbocycles. The number of hydrogen-bond donors (Lipinski definition) is 4. The van der Waals surface area contributed by atoms with Crippen molar-refractivity contribution in [3.8, 4) is 0 Å². The Labute approximate surface area is 142 Å². The quantitative estimate of drug-likeness (QED) is 0.577. The molecule has 0 unspecified atom stereocenters. The van der Waals surface area contributed by atoms with Gasteiger partial charge in [0, 0.05) is 24.9 Å². The van der Waals surface area contributed by atoms with E-state index in [4.69, 9.17) is 15.2 Å². The molecule has 6 nitrogen and oxygen atoms in total. The Morgan fingerprint density at radius 2 is 2.25 bits per heavy atom. The molecule has 1 aliphatic heterocycles. The average molecular weight is 333 g/mol. The van der Waals surface area contributed by atoms with Gasteiger partial charge in [0.05, 0.1) is 0 Å². The van der Waals surface area contributed by atoms with E-state index in [9.17, 15) is 4.79 Å². The third-order valence-corrected chi connectivity index (χ3v) is 5.15. The standard InChI is InChI=1S/C18H27N3O3/c22-9-7-16(18(23)24)20-15-10-12(11-15)3-5-14-6-4-13-2-1-8-19-17(13)21-14/h4,6,12,15-16,20,22H,1-3,5,7-11H2,(H,19,21)(H,23,24)/t12-,15-,16-/m0/s1. The van der Waals surface area contributed by atoms with Crippen LogP contribution >= 0.6 is 0 Å². The molecule has 0 saturated heterocycles. The van der Waals surface area contributed by atoms with Crippen LogP contribution in [0.1, 0.15) is 43.4 Å². The van der Waals surface area contributed by atoms with Crippen molar-refractivity contribution in [2.24, 2.45) is 5.92 Å². The highest BCUT2D eigenvalue weighted by molar-refractivity contribution is 5.73. The first-order chi connectivity index (χ1) is 11.7. The van der Waals surface area contributed by atoms with Gasteiger partial charge in [0.1, 0.15) is 11.9 Å². The van der Waals surface area contributed by atoms with Crippen LogP contribution in [0.2, 0.25) is 0 Å². The normalized spacial score (nSPS) is 23.7. The highest BCUT2D eigenvalue weighted by Gasteiger charge is 2.32. The van der Waals surface area contributed by atoms with Gasteiger partial charge in [0.15, 0.2) is 0 Å². The van der Waals surface area contributed by atoms with Crippen LogP contribution in [0.15, 0.2) is 12.1 Å². The molecule has 0 radical (unpaired) electrons. The van der Waals surface area contributed by atoms with Gasteiger partial charge in [-0.05, 0) is 62.5 Å². The lowest BCUT2D eigenvalue weighted by Crippen LogP contribution is -2.49. The van der Waals surface area contributed by atoms with E-state index in [0.29, 0.717) is 5.92 Å². The van der Waals surface area contributed by atoms with Gasteiger partial charge in [-0.15, -0.1) is 0 Å². The number of aryl methyl sites for hydroxylation is 2. The lowest BCUT2D eigenvalue weighted by molar-refractivity contribution is -0.140. The van der Waals surface area contributed by atoms with Crippen LogP contribution < -0.4 is 10.6 Å². The number of carbonyl (C=O) groups is 1. The van der Waals surface area contributed by atoms with Gasteiger partial charge in [-0.1, -0.05) is 6.07 Å². The molecule has 0 aromatic carbocycles. The SMILES string of the molecule is O=C(O)[C@H](CCO)N[C@H]1C[C@H](CCc2ccc3c(n2)NCCC3)C1. The number of aliphatic carboxylic acids is 1. The number of fused-ring (bicyclic) bond motifs is 1. The Hall–Kier alpha value is -1.66. The number of aliphatic hydroxyl groups excluding tert-OH is 1. The van der Waals surface area contributed by atoms with Gasteiger partial charge in [0.25, 0.3) is 0 Å². The summed E-state index contributed by atoms with van der Waals surface area (Å²) in [5.74, 6) is 0.815. The maximum atomic E-state index is 11.1. The minimum atomic E-state index is -0.877. The van der Waals surface area contributed by atoms with Crippen LogP contribution in [0, 0.1) is 5.92 Å². The van der Waals surface area contributed by atoms with E-state index in [0.717, 1.165) is 50.2 Å². The number of hydrogen-bond acceptors (Lipinski definition) is 5. The molecule has 0 amide bonds. The molecule has 1 aromatic heterocycles. The first-order valence-corrected chi connectivity index (χ1v) is 8.98. The van der Waals surface area contributed by atoms with E-state index in [1.165, 1.54) is 12.0 Å². The van der Waals surface area contributed by atoms with Crippen molar-refractivity contribution in [1.29, 1.82) is 0 Å². The first-order valence-electron chi connectivity index (χ1n) is 8.98. The summed E-state index contributed by atoms with van der Waals surface area (Å²) in [5, 5.41) is 24.5. The van der Waals surface area contributed by atoms with E-state index in [-0.39, 0.29) is 19.1 Å². The summed E-state index contributed by atoms with van der Waals surface area (Å²) in [7, 11) is 0. The Morgan fingerprint density at radius 1 is 1.42 bits per heavy atom. The zero-order chi connectivity index (χ0) is 16.9. The summed E-state index contributed by atoms with van der Waals surface area (Å²) in [6.07, 6.45) is 6.66. The molecule has 6 heteroatoms. The van der Waals surface area contributed by atoms with Gasteiger partial charge in [-0.3, -0.25) is 4.79 Å². The van der Waals surface area contributed by atoms with Crippen molar-refractivity contribution in [3.63, 3.8) is 0 Å². The smallest absolute Gasteiger partial charge is 0.320 e. The van der Waals surface area contributed by atoms with Crippen molar-refractivity contribution in [2.45, 2.75) is 57.0 Å². The molecule has 1 atom stereocenters. The van der Waals surface area contributed by atoms with Crippen molar-refractivity contribution in [1.82, 2.24) is 10.3 Å². The van der Waals surface area contributed by atoms with Crippen LogP contribution in [-0.4, -0.2) is 46.4 Å². The second-order valence-corrected chi connectivity index (χ2v) is 6.98. The van der Waals surface area contributed by atoms with E-state index >= 15 is 0 Å². The van der Waals surface area contributed by atoms with Crippen LogP contribution in [0.5, 0.6) is 0 Å². The molecule has 0 spiro atoms. The van der Waals surface area contributed by atoms with Crippen LogP contribution in [0.4, 0.5) is 5.82 Å². The highest BCUT2D eigenvalue weighted by Crippen LogP contribution is 2.32. The van der Waals surface area contributed by atoms with Crippen molar-refractivity contribution in [3.05, 3.63) is 23.4 Å². The van der Waals surface area contributed by atoms with Crippen LogP contribution in [0.3, 0.4) is 0 Å². The number of nitrogens with zero attached hydrogens (tertiary/aromatic N) is 1. The number of anilines is 1. The maximum absolute atomic E-state index is 11.1. The summed E-state index contributed by atoms with van der Waals surface area (Å²) < 4.78 is 0. The van der Waals surface area contributed by atoms with E-state index < -0.39 is 12.0 Å². The topological polar surface area (TPSA) is 94.5 Å². The lowest BCUT2D eigenvalue weighted by Gasteiger charge is -2.37. The monoisotopic (exact) mass is 333 g/mol. The largest absolute Gasteiger partial charge is 0.480 e. The van der Waals surface area contributed by atoms with E-state index in [1.54, 1.807) is 0 Å². The molecule has 0 bridgehead atoms. The maximum Gasteiger partial charge on any atom is 0.320 e. The number of rotatable bonds is 8. The number of aliphatic hydroxyl groups is 1. The molecular weight excluding hydrogens is 306 g/mol. The highest BCUT2D eigenvalue weighted by atomic mass is 16.4. The summed E-state index contributed by atoms with van der Waals surface area (Å²) in [6.45, 7) is 0.913. The molecule has 1 saturated carbocycles. The van der Waals surface area contributed by atoms with Crippen molar-refractivity contribution >= 4 is 11.8 Å². The molecule has 3 rings (SSSR count). The molecule has 24 heavy (non-hydrogen) atoms. The predicted molar refractivity (Wildman–Crippen MR) is 92.1 cm³/mol. The van der Waals surface area contributed by atoms with Crippen molar-refractivity contribution in [2.75, 3.05) is 18.5 Å². The molecule has 2 aliphatic rings. The Kier molecular flexibility index (Phi) is 5.68. The molecule has 132 valence electrons. The average Bonchev–Trinajstić information content (AvgIpc) is 2.55. The molecular formula is C18H27N3O3. The minimum Gasteiger partial charge on any atom is -0.480 e. The third-order valence-electron chi connectivity index (χ3n) is 5.15. The molecule has 1 fully saturated rings. The molecule has 4 N–H and O–H groups in total. The Morgan fingerprint density at radius 3 is 3.00 bits per heavy atom. The molecule has 1 aromatic rings. The Bertz CT molecular complexity index is 573. The minimum absolute atomic E-state index is 0.0991. The number of carboxylic acid groups (broad SMARTS) is 1. The summed E-state index contributed by atoms with van der Waals surface area (Å²) >= 11 is 0. The number of pyridine rings is 1. The predicted octanol–water partition coefficient (Wildman–Crippen LogP) is 1.58. The summed E-state index contributed by atoms with van der Waals surface area (Å²) in [4.78, 5) is 15.8. The van der Waals surface area contributed by atoms with Gasteiger partial charge < -0.3 is 20.8 Å². The molecule has 2 heterocycles.